The van der Waals surface area contributed by atoms with Gasteiger partial charge < -0.3 is 39.4 Å². The molecule has 0 saturated carbocycles. The lowest BCUT2D eigenvalue weighted by Gasteiger charge is -2.40. The molecule has 4 fully saturated rings. The van der Waals surface area contributed by atoms with E-state index in [0.717, 1.165) is 183 Å². The molecular weight excluding hydrogens is 1360 g/mol. The number of hydrogen-bond acceptors (Lipinski definition) is 16. The first-order chi connectivity index (χ1) is 48.9. The summed E-state index contributed by atoms with van der Waals surface area (Å²) in [6, 6.07) is 50.9. The van der Waals surface area contributed by atoms with Gasteiger partial charge in [0.1, 0.15) is 63.4 Å². The van der Waals surface area contributed by atoms with Crippen LogP contribution in [0.4, 0.5) is 0 Å². The quantitative estimate of drug-likeness (QED) is 0.0399. The first kappa shape index (κ1) is 82.8. The van der Waals surface area contributed by atoms with E-state index in [9.17, 15) is 39.6 Å². The van der Waals surface area contributed by atoms with E-state index in [2.05, 4.69) is 31.7 Å². The van der Waals surface area contributed by atoms with Crippen LogP contribution in [0.3, 0.4) is 0 Å². The number of rotatable bonds is 26. The number of methoxy groups -OCH3 is 2. The molecule has 0 bridgehead atoms. The number of ether oxygens (including phenoxy) is 4. The third-order valence-corrected chi connectivity index (χ3v) is 22.4. The van der Waals surface area contributed by atoms with Gasteiger partial charge in [-0.3, -0.25) is 38.8 Å². The minimum Gasteiger partial charge on any atom is -0.508 e. The first-order valence-corrected chi connectivity index (χ1v) is 36.7. The van der Waals surface area contributed by atoms with Crippen molar-refractivity contribution in [2.75, 3.05) is 86.4 Å². The summed E-state index contributed by atoms with van der Waals surface area (Å²) < 4.78 is 22.1. The number of phenols is 4. The molecule has 0 aromatic heterocycles. The molecule has 16 nitrogen and oxygen atoms in total. The van der Waals surface area contributed by atoms with Gasteiger partial charge in [0.05, 0.1) is 35.4 Å². The number of Topliss-reactive ketones (excluding diaryl/α,β-unsaturated/α-hetero) is 4. The average Bonchev–Trinajstić information content (AvgIpc) is 0.830. The van der Waals surface area contributed by atoms with Crippen molar-refractivity contribution in [2.24, 2.45) is 21.7 Å². The molecule has 0 aliphatic carbocycles. The van der Waals surface area contributed by atoms with Gasteiger partial charge in [0.25, 0.3) is 0 Å². The van der Waals surface area contributed by atoms with E-state index in [1.807, 2.05) is 109 Å². The number of carbonyl (C=O) groups is 4. The Balaban J connectivity index is 0.000000192. The van der Waals surface area contributed by atoms with Crippen LogP contribution in [0.15, 0.2) is 164 Å². The number of carbonyl (C=O) groups excluding carboxylic acids is 4. The zero-order valence-electron chi connectivity index (χ0n) is 60.2. The summed E-state index contributed by atoms with van der Waals surface area (Å²) in [7, 11) is 3.31. The van der Waals surface area contributed by atoms with Crippen LogP contribution in [0.1, 0.15) is 134 Å². The maximum absolute atomic E-state index is 12.5. The third kappa shape index (κ3) is 24.5. The molecule has 0 spiro atoms. The Hall–Kier alpha value is -7.51. The smallest absolute Gasteiger partial charge is 0.136 e. The molecule has 0 radical (unpaired) electrons. The van der Waals surface area contributed by atoms with Crippen LogP contribution in [0.5, 0.6) is 40.2 Å². The SMILES string of the molecule is C.CC(=O)C1(CCOc2ccccc2)CCN(Cc2ccc(O)cc2)CC1.CC(=O)C1(Cc2ccccc2)CCN(Cc2ccc(O)c(Cl)c2)CC1.COCCC1(C(C)=O)CCN(Cc2ccc(O)c(Cl)c2)CC1.COc1cccc(OCCC2(C(C)=O)CCN(Cc3ccc(O)c(Cl)c3)CC2)c1. The fourth-order valence-electron chi connectivity index (χ4n) is 14.3. The second kappa shape index (κ2) is 40.1. The minimum atomic E-state index is -0.331. The zero-order valence-corrected chi connectivity index (χ0v) is 62.4. The molecule has 11 rings (SSSR count). The number of halogens is 3. The van der Waals surface area contributed by atoms with E-state index in [4.69, 9.17) is 53.8 Å². The molecule has 556 valence electrons. The highest BCUT2D eigenvalue weighted by molar-refractivity contribution is 6.32. The molecule has 4 heterocycles. The molecule has 4 aliphatic heterocycles. The van der Waals surface area contributed by atoms with E-state index in [1.165, 1.54) is 11.1 Å². The number of likely N-dealkylation sites (tertiary alicyclic amines) is 4. The fourth-order valence-corrected chi connectivity index (χ4v) is 15.0. The largest absolute Gasteiger partial charge is 0.508 e. The van der Waals surface area contributed by atoms with Crippen LogP contribution in [-0.4, -0.2) is 150 Å². The van der Waals surface area contributed by atoms with Crippen molar-refractivity contribution in [3.8, 4) is 40.2 Å². The van der Waals surface area contributed by atoms with E-state index < -0.39 is 0 Å². The Kier molecular flexibility index (Phi) is 32.2. The summed E-state index contributed by atoms with van der Waals surface area (Å²) in [6.07, 6.45) is 9.98. The van der Waals surface area contributed by atoms with Gasteiger partial charge in [0.15, 0.2) is 0 Å². The van der Waals surface area contributed by atoms with Gasteiger partial charge in [-0.1, -0.05) is 127 Å². The van der Waals surface area contributed by atoms with E-state index in [1.54, 1.807) is 84.4 Å². The molecule has 0 amide bonds. The van der Waals surface area contributed by atoms with Gasteiger partial charge in [0.2, 0.25) is 0 Å². The second-order valence-corrected chi connectivity index (χ2v) is 29.3. The normalized spacial score (nSPS) is 17.0. The molecule has 4 N–H and O–H groups in total. The van der Waals surface area contributed by atoms with Crippen LogP contribution in [-0.2, 0) is 56.5 Å². The predicted molar refractivity (Wildman–Crippen MR) is 411 cm³/mol. The first-order valence-electron chi connectivity index (χ1n) is 35.6. The van der Waals surface area contributed by atoms with Gasteiger partial charge >= 0.3 is 0 Å². The maximum Gasteiger partial charge on any atom is 0.136 e. The number of piperidine rings is 4. The van der Waals surface area contributed by atoms with Gasteiger partial charge in [-0.2, -0.15) is 0 Å². The van der Waals surface area contributed by atoms with Crippen molar-refractivity contribution < 1.29 is 58.6 Å². The Morgan fingerprint density at radius 1 is 0.369 bits per heavy atom. The Labute approximate surface area is 625 Å². The number of aromatic hydroxyl groups is 4. The number of benzene rings is 7. The van der Waals surface area contributed by atoms with Gasteiger partial charge in [-0.15, -0.1) is 0 Å². The number of para-hydroxylation sites is 1. The molecule has 103 heavy (non-hydrogen) atoms. The van der Waals surface area contributed by atoms with Crippen LogP contribution < -0.4 is 14.2 Å². The van der Waals surface area contributed by atoms with E-state index in [0.29, 0.717) is 52.8 Å². The predicted octanol–water partition coefficient (Wildman–Crippen LogP) is 17.1. The fraction of sp³-hybridized carbons (Fsp3) is 0.452. The number of ketones is 4. The minimum absolute atomic E-state index is 0. The van der Waals surface area contributed by atoms with E-state index in [-0.39, 0.29) is 63.7 Å². The summed E-state index contributed by atoms with van der Waals surface area (Å²) in [4.78, 5) is 58.7. The number of nitrogens with zero attached hydrogens (tertiary/aromatic N) is 4. The Morgan fingerprint density at radius 2 is 0.689 bits per heavy atom. The van der Waals surface area contributed by atoms with Crippen molar-refractivity contribution in [3.05, 3.63) is 207 Å². The Morgan fingerprint density at radius 3 is 1.05 bits per heavy atom. The molecule has 0 atom stereocenters. The molecule has 4 saturated heterocycles. The molecular formula is C84H107Cl3N4O12. The van der Waals surface area contributed by atoms with Crippen molar-refractivity contribution >= 4 is 57.9 Å². The van der Waals surface area contributed by atoms with E-state index >= 15 is 0 Å². The number of phenolic OH excluding ortho intramolecular Hbond substituents is 4. The molecule has 0 unspecified atom stereocenters. The van der Waals surface area contributed by atoms with Gasteiger partial charge in [-0.05, 0) is 258 Å². The van der Waals surface area contributed by atoms with Crippen LogP contribution >= 0.6 is 34.8 Å². The molecule has 7 aromatic carbocycles. The average molecular weight is 1470 g/mol. The summed E-state index contributed by atoms with van der Waals surface area (Å²) in [5.41, 5.74) is 4.58. The lowest BCUT2D eigenvalue weighted by molar-refractivity contribution is -0.131. The lowest BCUT2D eigenvalue weighted by Crippen LogP contribution is -2.44. The van der Waals surface area contributed by atoms with Crippen LogP contribution in [0.2, 0.25) is 15.1 Å². The highest BCUT2D eigenvalue weighted by Gasteiger charge is 2.42. The monoisotopic (exact) mass is 1470 g/mol. The topological polar surface area (TPSA) is 199 Å². The standard InChI is InChI=1S/C23H28ClNO4.C22H27NO3.C21H24ClNO2.C17H24ClNO3.CH4/c1-17(26)23(10-13-29-20-5-3-4-19(15-20)28-2)8-11-25(12-9-23)16-18-6-7-22(27)21(24)14-18;1-18(24)22(13-16-26-21-5-3-2-4-6-21)11-14-23(15-12-22)17-19-7-9-20(25)10-8-19;1-16(24)21(14-17-5-3-2-4-6-17)9-11-23(12-10-21)15-18-7-8-20(25)19(22)13-18;1-13(20)17(7-10-22-2)5-8-19(9-6-17)12-14-3-4-16(21)15(18)11-14;/h3-7,14-15,27H,8-13,16H2,1-2H3;2-10,25H,11-17H2,1H3;2-8,13,25H,9-12,14-15H2,1H3;3-4,11,21H,5-10,12H2,1-2H3;1H4. The zero-order chi connectivity index (χ0) is 73.3. The summed E-state index contributed by atoms with van der Waals surface area (Å²) >= 11 is 18.0. The van der Waals surface area contributed by atoms with Crippen molar-refractivity contribution in [3.63, 3.8) is 0 Å². The number of hydrogen-bond donors (Lipinski definition) is 4. The van der Waals surface area contributed by atoms with Crippen molar-refractivity contribution in [2.45, 2.75) is 138 Å². The second-order valence-electron chi connectivity index (χ2n) is 28.1. The van der Waals surface area contributed by atoms with Gasteiger partial charge in [-0.25, -0.2) is 0 Å². The molecule has 19 heteroatoms. The van der Waals surface area contributed by atoms with Crippen LogP contribution in [0, 0.1) is 21.7 Å². The molecule has 7 aromatic rings. The highest BCUT2D eigenvalue weighted by Crippen LogP contribution is 2.42. The van der Waals surface area contributed by atoms with Crippen molar-refractivity contribution in [1.82, 2.24) is 19.6 Å². The molecule has 4 aliphatic rings. The van der Waals surface area contributed by atoms with Gasteiger partial charge in [0, 0.05) is 67.6 Å². The highest BCUT2D eigenvalue weighted by atomic mass is 35.5. The summed E-state index contributed by atoms with van der Waals surface area (Å²) in [6.45, 7) is 18.8. The third-order valence-electron chi connectivity index (χ3n) is 21.5. The summed E-state index contributed by atoms with van der Waals surface area (Å²) in [5, 5.41) is 39.1. The van der Waals surface area contributed by atoms with Crippen LogP contribution in [0.25, 0.3) is 0 Å². The van der Waals surface area contributed by atoms with Crippen molar-refractivity contribution in [1.29, 1.82) is 0 Å². The Bertz CT molecular complexity index is 3790. The summed E-state index contributed by atoms with van der Waals surface area (Å²) in [5.74, 6) is 4.06. The maximum atomic E-state index is 12.5. The lowest BCUT2D eigenvalue weighted by atomic mass is 9.71.